The van der Waals surface area contributed by atoms with Gasteiger partial charge in [-0.25, -0.2) is 0 Å². The summed E-state index contributed by atoms with van der Waals surface area (Å²) in [6.45, 7) is 0.402. The van der Waals surface area contributed by atoms with E-state index in [1.165, 1.54) is 10.5 Å². The summed E-state index contributed by atoms with van der Waals surface area (Å²) in [4.78, 5) is 19.7. The van der Waals surface area contributed by atoms with Gasteiger partial charge in [0.2, 0.25) is 5.91 Å². The number of fused-ring (bicyclic) bond motifs is 1. The quantitative estimate of drug-likeness (QED) is 0.721. The van der Waals surface area contributed by atoms with E-state index in [-0.39, 0.29) is 11.2 Å². The average Bonchev–Trinajstić information content (AvgIpc) is 3.28. The van der Waals surface area contributed by atoms with Crippen molar-refractivity contribution in [2.75, 3.05) is 7.05 Å². The molecule has 5 nitrogen and oxygen atoms in total. The van der Waals surface area contributed by atoms with Crippen LogP contribution in [0.5, 0.6) is 0 Å². The normalized spacial score (nSPS) is 15.8. The number of amides is 1. The lowest BCUT2D eigenvalue weighted by atomic mass is 10.1. The van der Waals surface area contributed by atoms with Crippen molar-refractivity contribution in [3.8, 4) is 11.3 Å². The third-order valence-electron chi connectivity index (χ3n) is 4.21. The third kappa shape index (κ3) is 3.30. The van der Waals surface area contributed by atoms with Gasteiger partial charge in [0.1, 0.15) is 5.69 Å². The van der Waals surface area contributed by atoms with E-state index in [9.17, 15) is 4.79 Å². The average molecular weight is 351 g/mol. The predicted octanol–water partition coefficient (Wildman–Crippen LogP) is 3.41. The van der Waals surface area contributed by atoms with Crippen LogP contribution in [0, 0.1) is 0 Å². The number of benzene rings is 1. The van der Waals surface area contributed by atoms with Gasteiger partial charge < -0.3 is 9.42 Å². The topological polar surface area (TPSA) is 59.2 Å². The van der Waals surface area contributed by atoms with Crippen molar-refractivity contribution in [1.29, 1.82) is 0 Å². The fourth-order valence-corrected chi connectivity index (χ4v) is 4.23. The van der Waals surface area contributed by atoms with Gasteiger partial charge in [-0.3, -0.25) is 9.78 Å². The van der Waals surface area contributed by atoms with Crippen molar-refractivity contribution in [2.45, 2.75) is 23.1 Å². The molecule has 1 amide bonds. The smallest absolute Gasteiger partial charge is 0.236 e. The predicted molar refractivity (Wildman–Crippen MR) is 96.0 cm³/mol. The molecule has 0 fully saturated rings. The van der Waals surface area contributed by atoms with Crippen LogP contribution in [0.4, 0.5) is 0 Å². The first-order chi connectivity index (χ1) is 12.2. The Hall–Kier alpha value is -2.60. The summed E-state index contributed by atoms with van der Waals surface area (Å²) in [5.41, 5.74) is 2.87. The van der Waals surface area contributed by atoms with Crippen molar-refractivity contribution in [2.24, 2.45) is 0 Å². The molecule has 3 aromatic rings. The minimum Gasteiger partial charge on any atom is -0.359 e. The maximum absolute atomic E-state index is 12.7. The summed E-state index contributed by atoms with van der Waals surface area (Å²) in [5, 5.41) is 4.00. The first-order valence-electron chi connectivity index (χ1n) is 8.06. The van der Waals surface area contributed by atoms with Crippen molar-refractivity contribution in [3.05, 3.63) is 66.2 Å². The molecule has 6 heteroatoms. The first-order valence-corrected chi connectivity index (χ1v) is 8.94. The largest absolute Gasteiger partial charge is 0.359 e. The summed E-state index contributed by atoms with van der Waals surface area (Å²) in [5.74, 6) is 0.774. The maximum Gasteiger partial charge on any atom is 0.236 e. The molecule has 1 aliphatic heterocycles. The summed E-state index contributed by atoms with van der Waals surface area (Å²) < 4.78 is 5.39. The lowest BCUT2D eigenvalue weighted by Gasteiger charge is -2.19. The summed E-state index contributed by atoms with van der Waals surface area (Å²) in [6.07, 6.45) is 4.23. The van der Waals surface area contributed by atoms with Gasteiger partial charge in [0.05, 0.1) is 11.8 Å². The molecule has 0 saturated heterocycles. The van der Waals surface area contributed by atoms with E-state index in [1.54, 1.807) is 36.1 Å². The van der Waals surface area contributed by atoms with E-state index < -0.39 is 0 Å². The van der Waals surface area contributed by atoms with Gasteiger partial charge in [0.25, 0.3) is 0 Å². The Bertz CT molecular complexity index is 869. The summed E-state index contributed by atoms with van der Waals surface area (Å²) >= 11 is 1.64. The highest BCUT2D eigenvalue weighted by Crippen LogP contribution is 2.37. The highest BCUT2D eigenvalue weighted by molar-refractivity contribution is 8.01. The number of rotatable bonds is 4. The molecular formula is C19H17N3O2S. The van der Waals surface area contributed by atoms with E-state index in [0.29, 0.717) is 12.3 Å². The standard InChI is InChI=1S/C19H17N3O2S/c1-22(19(23)18-9-13-5-2-3-7-17(13)25-18)12-15-10-16(21-24-15)14-6-4-8-20-11-14/h2-8,10-11,18H,9,12H2,1H3/t18-/m0/s1. The summed E-state index contributed by atoms with van der Waals surface area (Å²) in [7, 11) is 1.80. The molecule has 3 heterocycles. The number of carbonyl (C=O) groups is 1. The molecule has 0 N–H and O–H groups in total. The molecule has 0 saturated carbocycles. The van der Waals surface area contributed by atoms with E-state index in [0.717, 1.165) is 17.7 Å². The Morgan fingerprint density at radius 1 is 1.32 bits per heavy atom. The Labute approximate surface area is 150 Å². The van der Waals surface area contributed by atoms with E-state index in [4.69, 9.17) is 4.52 Å². The van der Waals surface area contributed by atoms with Gasteiger partial charge in [-0.1, -0.05) is 23.4 Å². The second-order valence-electron chi connectivity index (χ2n) is 6.03. The van der Waals surface area contributed by atoms with Gasteiger partial charge in [0.15, 0.2) is 5.76 Å². The Balaban J connectivity index is 1.42. The zero-order valence-electron chi connectivity index (χ0n) is 13.8. The molecule has 0 unspecified atom stereocenters. The fourth-order valence-electron chi connectivity index (χ4n) is 2.92. The van der Waals surface area contributed by atoms with Gasteiger partial charge in [-0.2, -0.15) is 0 Å². The molecule has 0 spiro atoms. The molecule has 0 aliphatic carbocycles. The zero-order chi connectivity index (χ0) is 17.2. The van der Waals surface area contributed by atoms with Gasteiger partial charge in [-0.15, -0.1) is 11.8 Å². The number of aromatic nitrogens is 2. The van der Waals surface area contributed by atoms with E-state index >= 15 is 0 Å². The number of carbonyl (C=O) groups excluding carboxylic acids is 1. The van der Waals surface area contributed by atoms with Crippen LogP contribution in [0.25, 0.3) is 11.3 Å². The zero-order valence-corrected chi connectivity index (χ0v) is 14.6. The van der Waals surface area contributed by atoms with Crippen molar-refractivity contribution >= 4 is 17.7 Å². The van der Waals surface area contributed by atoms with Crippen molar-refractivity contribution < 1.29 is 9.32 Å². The van der Waals surface area contributed by atoms with Crippen LogP contribution in [0.15, 0.2) is 64.3 Å². The highest BCUT2D eigenvalue weighted by Gasteiger charge is 2.30. The van der Waals surface area contributed by atoms with Crippen LogP contribution >= 0.6 is 11.8 Å². The van der Waals surface area contributed by atoms with Crippen molar-refractivity contribution in [3.63, 3.8) is 0 Å². The molecule has 4 rings (SSSR count). The molecule has 2 aromatic heterocycles. The lowest BCUT2D eigenvalue weighted by molar-refractivity contribution is -0.130. The number of hydrogen-bond acceptors (Lipinski definition) is 5. The van der Waals surface area contributed by atoms with Crippen LogP contribution in [-0.4, -0.2) is 33.2 Å². The second-order valence-corrected chi connectivity index (χ2v) is 7.28. The van der Waals surface area contributed by atoms with Crippen LogP contribution in [0.2, 0.25) is 0 Å². The molecule has 0 radical (unpaired) electrons. The first kappa shape index (κ1) is 15.9. The minimum absolute atomic E-state index is 0.0666. The number of hydrogen-bond donors (Lipinski definition) is 0. The maximum atomic E-state index is 12.7. The number of pyridine rings is 1. The molecular weight excluding hydrogens is 334 g/mol. The molecule has 25 heavy (non-hydrogen) atoms. The minimum atomic E-state index is -0.0666. The van der Waals surface area contributed by atoms with E-state index in [1.807, 2.05) is 30.3 Å². The highest BCUT2D eigenvalue weighted by atomic mass is 32.2. The van der Waals surface area contributed by atoms with E-state index in [2.05, 4.69) is 22.3 Å². The Kier molecular flexibility index (Phi) is 4.28. The Morgan fingerprint density at radius 3 is 3.00 bits per heavy atom. The van der Waals surface area contributed by atoms with Crippen LogP contribution in [0.3, 0.4) is 0 Å². The van der Waals surface area contributed by atoms with Gasteiger partial charge in [0, 0.05) is 36.0 Å². The van der Waals surface area contributed by atoms with Crippen LogP contribution < -0.4 is 0 Å². The van der Waals surface area contributed by atoms with Crippen LogP contribution in [0.1, 0.15) is 11.3 Å². The molecule has 126 valence electrons. The molecule has 1 aromatic carbocycles. The fraction of sp³-hybridized carbons (Fsp3) is 0.211. The number of thioether (sulfide) groups is 1. The van der Waals surface area contributed by atoms with Gasteiger partial charge >= 0.3 is 0 Å². The van der Waals surface area contributed by atoms with Gasteiger partial charge in [-0.05, 0) is 30.2 Å². The van der Waals surface area contributed by atoms with Crippen molar-refractivity contribution in [1.82, 2.24) is 15.0 Å². The van der Waals surface area contributed by atoms with Crippen LogP contribution in [-0.2, 0) is 17.8 Å². The summed E-state index contributed by atoms with van der Waals surface area (Å²) in [6, 6.07) is 13.8. The second kappa shape index (κ2) is 6.72. The Morgan fingerprint density at radius 2 is 2.20 bits per heavy atom. The molecule has 1 atom stereocenters. The monoisotopic (exact) mass is 351 g/mol. The molecule has 1 aliphatic rings. The number of nitrogens with zero attached hydrogens (tertiary/aromatic N) is 3. The third-order valence-corrected chi connectivity index (χ3v) is 5.51. The lowest BCUT2D eigenvalue weighted by Crippen LogP contribution is -2.34. The SMILES string of the molecule is CN(Cc1cc(-c2cccnc2)no1)C(=O)[C@@H]1Cc2ccccc2S1. The molecule has 0 bridgehead atoms.